The molecular formula is C23H23BrN2O5. The molecule has 0 radical (unpaired) electrons. The van der Waals surface area contributed by atoms with Gasteiger partial charge in [-0.25, -0.2) is 0 Å². The molecule has 7 nitrogen and oxygen atoms in total. The van der Waals surface area contributed by atoms with Gasteiger partial charge in [0, 0.05) is 12.6 Å². The number of nitrogens with one attached hydrogen (secondary N) is 1. The zero-order chi connectivity index (χ0) is 22.5. The maximum absolute atomic E-state index is 13.1. The number of furan rings is 1. The molecule has 0 spiro atoms. The minimum absolute atomic E-state index is 0.166. The van der Waals surface area contributed by atoms with Crippen molar-refractivity contribution in [2.45, 2.75) is 13.0 Å². The summed E-state index contributed by atoms with van der Waals surface area (Å²) in [4.78, 5) is 27.3. The fourth-order valence-electron chi connectivity index (χ4n) is 3.19. The van der Waals surface area contributed by atoms with Gasteiger partial charge in [0.25, 0.3) is 11.8 Å². The molecule has 0 aliphatic carbocycles. The van der Waals surface area contributed by atoms with Gasteiger partial charge in [-0.2, -0.15) is 0 Å². The Morgan fingerprint density at radius 2 is 1.81 bits per heavy atom. The van der Waals surface area contributed by atoms with E-state index >= 15 is 0 Å². The second-order valence-electron chi connectivity index (χ2n) is 6.79. The fraction of sp³-hybridized carbons (Fsp3) is 0.217. The summed E-state index contributed by atoms with van der Waals surface area (Å²) in [5.74, 6) is 0.769. The van der Waals surface area contributed by atoms with Gasteiger partial charge in [-0.3, -0.25) is 9.59 Å². The number of hydrogen-bond donors (Lipinski definition) is 1. The van der Waals surface area contributed by atoms with E-state index in [0.717, 1.165) is 5.56 Å². The minimum atomic E-state index is -0.368. The van der Waals surface area contributed by atoms with Crippen molar-refractivity contribution in [3.63, 3.8) is 0 Å². The lowest BCUT2D eigenvalue weighted by Gasteiger charge is -2.22. The fourth-order valence-corrected chi connectivity index (χ4v) is 3.50. The highest BCUT2D eigenvalue weighted by Gasteiger charge is 2.23. The molecule has 1 atom stereocenters. The van der Waals surface area contributed by atoms with Gasteiger partial charge in [0.05, 0.1) is 31.5 Å². The Hall–Kier alpha value is -3.26. The van der Waals surface area contributed by atoms with Gasteiger partial charge < -0.3 is 24.1 Å². The average molecular weight is 487 g/mol. The number of amides is 2. The molecular weight excluding hydrogens is 464 g/mol. The summed E-state index contributed by atoms with van der Waals surface area (Å²) >= 11 is 3.19. The Morgan fingerprint density at radius 1 is 1.06 bits per heavy atom. The number of nitrogens with zero attached hydrogens (tertiary/aromatic N) is 1. The lowest BCUT2D eigenvalue weighted by molar-refractivity contribution is 0.0939. The van der Waals surface area contributed by atoms with Gasteiger partial charge in [0.1, 0.15) is 11.5 Å². The van der Waals surface area contributed by atoms with Gasteiger partial charge in [-0.1, -0.05) is 12.1 Å². The van der Waals surface area contributed by atoms with E-state index in [2.05, 4.69) is 21.2 Å². The van der Waals surface area contributed by atoms with Crippen molar-refractivity contribution in [2.24, 2.45) is 0 Å². The van der Waals surface area contributed by atoms with Crippen molar-refractivity contribution in [1.82, 2.24) is 5.32 Å². The van der Waals surface area contributed by atoms with E-state index in [0.29, 0.717) is 27.4 Å². The van der Waals surface area contributed by atoms with Gasteiger partial charge in [0.2, 0.25) is 0 Å². The third kappa shape index (κ3) is 4.91. The molecule has 1 unspecified atom stereocenters. The van der Waals surface area contributed by atoms with E-state index in [4.69, 9.17) is 13.9 Å². The molecule has 2 aromatic carbocycles. The molecule has 2 amide bonds. The van der Waals surface area contributed by atoms with Crippen LogP contribution in [0.5, 0.6) is 11.5 Å². The summed E-state index contributed by atoms with van der Waals surface area (Å²) in [5, 5.41) is 2.97. The monoisotopic (exact) mass is 486 g/mol. The van der Waals surface area contributed by atoms with E-state index in [-0.39, 0.29) is 23.6 Å². The minimum Gasteiger partial charge on any atom is -0.497 e. The summed E-state index contributed by atoms with van der Waals surface area (Å²) in [6.45, 7) is 1.85. The highest BCUT2D eigenvalue weighted by Crippen LogP contribution is 2.30. The molecule has 1 N–H and O–H groups in total. The lowest BCUT2D eigenvalue weighted by atomic mass is 10.1. The van der Waals surface area contributed by atoms with E-state index < -0.39 is 0 Å². The van der Waals surface area contributed by atoms with E-state index in [1.54, 1.807) is 69.8 Å². The van der Waals surface area contributed by atoms with Crippen LogP contribution in [0.3, 0.4) is 0 Å². The van der Waals surface area contributed by atoms with E-state index in [1.807, 2.05) is 13.0 Å². The quantitative estimate of drug-likeness (QED) is 0.517. The molecule has 1 aromatic heterocycles. The van der Waals surface area contributed by atoms with Crippen molar-refractivity contribution in [3.05, 3.63) is 76.2 Å². The molecule has 162 valence electrons. The zero-order valence-electron chi connectivity index (χ0n) is 17.6. The van der Waals surface area contributed by atoms with E-state index in [1.165, 1.54) is 4.90 Å². The van der Waals surface area contributed by atoms with Crippen molar-refractivity contribution >= 4 is 33.4 Å². The number of benzene rings is 2. The molecule has 0 fully saturated rings. The van der Waals surface area contributed by atoms with Gasteiger partial charge in [-0.15, -0.1) is 0 Å². The first-order valence-electron chi connectivity index (χ1n) is 9.51. The van der Waals surface area contributed by atoms with Crippen LogP contribution in [0.1, 0.15) is 39.4 Å². The highest BCUT2D eigenvalue weighted by molar-refractivity contribution is 9.10. The van der Waals surface area contributed by atoms with Crippen LogP contribution in [0, 0.1) is 0 Å². The van der Waals surface area contributed by atoms with Crippen LogP contribution in [-0.2, 0) is 0 Å². The Bertz CT molecular complexity index is 1100. The Kier molecular flexibility index (Phi) is 7.02. The number of para-hydroxylation sites is 1. The third-order valence-electron chi connectivity index (χ3n) is 4.85. The Labute approximate surface area is 189 Å². The average Bonchev–Trinajstić information content (AvgIpc) is 3.23. The topological polar surface area (TPSA) is 81.0 Å². The number of ether oxygens (including phenoxy) is 2. The number of carbonyl (C=O) groups excluding carboxylic acids is 2. The molecule has 3 rings (SSSR count). The van der Waals surface area contributed by atoms with Crippen molar-refractivity contribution in [2.75, 3.05) is 26.2 Å². The summed E-state index contributed by atoms with van der Waals surface area (Å²) in [6, 6.07) is 15.1. The molecule has 0 saturated carbocycles. The maximum atomic E-state index is 13.1. The first kappa shape index (κ1) is 22.4. The molecule has 0 bridgehead atoms. The van der Waals surface area contributed by atoms with Crippen LogP contribution in [0.4, 0.5) is 5.69 Å². The van der Waals surface area contributed by atoms with Crippen molar-refractivity contribution in [1.29, 1.82) is 0 Å². The van der Waals surface area contributed by atoms with E-state index in [9.17, 15) is 9.59 Å². The summed E-state index contributed by atoms with van der Waals surface area (Å²) in [6.07, 6.45) is 0. The summed E-state index contributed by atoms with van der Waals surface area (Å²) < 4.78 is 16.5. The molecule has 3 aromatic rings. The van der Waals surface area contributed by atoms with Crippen LogP contribution in [0.2, 0.25) is 0 Å². The van der Waals surface area contributed by atoms with Crippen LogP contribution in [-0.4, -0.2) is 33.1 Å². The zero-order valence-corrected chi connectivity index (χ0v) is 19.2. The van der Waals surface area contributed by atoms with Crippen molar-refractivity contribution in [3.8, 4) is 11.5 Å². The third-order valence-corrected chi connectivity index (χ3v) is 5.28. The molecule has 0 aliphatic heterocycles. The molecule has 0 aliphatic rings. The highest BCUT2D eigenvalue weighted by atomic mass is 79.9. The molecule has 0 saturated heterocycles. The predicted molar refractivity (Wildman–Crippen MR) is 121 cm³/mol. The molecule has 1 heterocycles. The second-order valence-corrected chi connectivity index (χ2v) is 7.57. The van der Waals surface area contributed by atoms with Crippen LogP contribution < -0.4 is 19.7 Å². The number of carbonyl (C=O) groups is 2. The first-order valence-corrected chi connectivity index (χ1v) is 10.3. The number of rotatable bonds is 7. The SMILES string of the molecule is COc1ccc(OC)c(C(C)NC(=O)c2ccccc2N(C)C(=O)c2ccc(Br)o2)c1. The van der Waals surface area contributed by atoms with Gasteiger partial charge >= 0.3 is 0 Å². The van der Waals surface area contributed by atoms with Crippen LogP contribution in [0.15, 0.2) is 63.7 Å². The van der Waals surface area contributed by atoms with Crippen LogP contribution >= 0.6 is 15.9 Å². The Balaban J connectivity index is 1.86. The lowest BCUT2D eigenvalue weighted by Crippen LogP contribution is -2.31. The Morgan fingerprint density at radius 3 is 2.45 bits per heavy atom. The predicted octanol–water partition coefficient (Wildman–Crippen LogP) is 4.83. The molecule has 31 heavy (non-hydrogen) atoms. The standard InChI is InChI=1S/C23H23BrN2O5/c1-14(17-13-15(29-3)9-10-19(17)30-4)25-22(27)16-7-5-6-8-18(16)26(2)23(28)20-11-12-21(24)31-20/h5-14H,1-4H3,(H,25,27). The second kappa shape index (κ2) is 9.70. The number of hydrogen-bond acceptors (Lipinski definition) is 5. The summed E-state index contributed by atoms with van der Waals surface area (Å²) in [5.41, 5.74) is 1.59. The smallest absolute Gasteiger partial charge is 0.293 e. The van der Waals surface area contributed by atoms with Crippen LogP contribution in [0.25, 0.3) is 0 Å². The first-order chi connectivity index (χ1) is 14.8. The normalized spacial score (nSPS) is 11.5. The number of methoxy groups -OCH3 is 2. The number of halogens is 1. The van der Waals surface area contributed by atoms with Gasteiger partial charge in [0.15, 0.2) is 10.4 Å². The molecule has 8 heteroatoms. The summed E-state index contributed by atoms with van der Waals surface area (Å²) in [7, 11) is 4.75. The largest absolute Gasteiger partial charge is 0.497 e. The van der Waals surface area contributed by atoms with Crippen molar-refractivity contribution < 1.29 is 23.5 Å². The van der Waals surface area contributed by atoms with Gasteiger partial charge in [-0.05, 0) is 65.3 Å². The maximum Gasteiger partial charge on any atom is 0.293 e. The number of anilines is 1.